The molecule has 2 heterocycles. The molecule has 0 saturated carbocycles. The smallest absolute Gasteiger partial charge is 0.213 e. The highest BCUT2D eigenvalue weighted by Gasteiger charge is 2.13. The van der Waals surface area contributed by atoms with Crippen LogP contribution in [0.3, 0.4) is 0 Å². The molecule has 0 fully saturated rings. The van der Waals surface area contributed by atoms with Crippen molar-refractivity contribution in [3.8, 4) is 5.88 Å². The van der Waals surface area contributed by atoms with Crippen LogP contribution in [0.15, 0.2) is 54.7 Å². The lowest BCUT2D eigenvalue weighted by atomic mass is 10.0. The summed E-state index contributed by atoms with van der Waals surface area (Å²) < 4.78 is 5.08. The molecule has 4 heteroatoms. The zero-order valence-electron chi connectivity index (χ0n) is 11.0. The summed E-state index contributed by atoms with van der Waals surface area (Å²) in [7, 11) is 1.55. The van der Waals surface area contributed by atoms with E-state index in [0.717, 1.165) is 16.5 Å². The van der Waals surface area contributed by atoms with Crippen LogP contribution in [0.25, 0.3) is 10.9 Å². The number of aliphatic hydroxyl groups excluding tert-OH is 1. The monoisotopic (exact) mass is 266 g/mol. The van der Waals surface area contributed by atoms with Crippen molar-refractivity contribution in [1.29, 1.82) is 0 Å². The Morgan fingerprint density at radius 1 is 1.10 bits per heavy atom. The molecule has 0 bridgehead atoms. The Balaban J connectivity index is 2.00. The molecule has 0 aliphatic rings. The van der Waals surface area contributed by atoms with E-state index >= 15 is 0 Å². The van der Waals surface area contributed by atoms with E-state index in [9.17, 15) is 5.11 Å². The summed E-state index contributed by atoms with van der Waals surface area (Å²) in [6.07, 6.45) is 0.943. The molecule has 0 spiro atoms. The Bertz CT molecular complexity index is 743. The van der Waals surface area contributed by atoms with Gasteiger partial charge in [0.25, 0.3) is 0 Å². The first kappa shape index (κ1) is 12.6. The quantitative estimate of drug-likeness (QED) is 0.792. The molecule has 100 valence electrons. The van der Waals surface area contributed by atoms with Crippen LogP contribution >= 0.6 is 0 Å². The van der Waals surface area contributed by atoms with E-state index in [2.05, 4.69) is 9.97 Å². The second-order valence-electron chi connectivity index (χ2n) is 4.46. The van der Waals surface area contributed by atoms with Crippen molar-refractivity contribution in [2.45, 2.75) is 6.10 Å². The summed E-state index contributed by atoms with van der Waals surface area (Å²) in [5.41, 5.74) is 2.17. The summed E-state index contributed by atoms with van der Waals surface area (Å²) in [6.45, 7) is 0. The first-order valence-corrected chi connectivity index (χ1v) is 6.31. The molecule has 2 aromatic heterocycles. The van der Waals surface area contributed by atoms with Crippen molar-refractivity contribution in [2.24, 2.45) is 0 Å². The Hall–Kier alpha value is -2.46. The number of hydrogen-bond donors (Lipinski definition) is 1. The predicted molar refractivity (Wildman–Crippen MR) is 76.6 cm³/mol. The number of aromatic nitrogens is 2. The Kier molecular flexibility index (Phi) is 3.31. The third-order valence-electron chi connectivity index (χ3n) is 3.18. The van der Waals surface area contributed by atoms with Gasteiger partial charge in [-0.1, -0.05) is 24.3 Å². The van der Waals surface area contributed by atoms with Crippen molar-refractivity contribution < 1.29 is 9.84 Å². The highest BCUT2D eigenvalue weighted by molar-refractivity contribution is 5.79. The number of nitrogens with zero attached hydrogens (tertiary/aromatic N) is 2. The zero-order chi connectivity index (χ0) is 13.9. The number of rotatable bonds is 3. The van der Waals surface area contributed by atoms with Gasteiger partial charge in [0.05, 0.1) is 18.3 Å². The van der Waals surface area contributed by atoms with Gasteiger partial charge in [-0.15, -0.1) is 0 Å². The molecule has 20 heavy (non-hydrogen) atoms. The summed E-state index contributed by atoms with van der Waals surface area (Å²) in [6, 6.07) is 14.9. The molecule has 3 aromatic rings. The minimum Gasteiger partial charge on any atom is -0.481 e. The number of ether oxygens (including phenoxy) is 1. The average molecular weight is 266 g/mol. The number of methoxy groups -OCH3 is 1. The molecule has 3 rings (SSSR count). The van der Waals surface area contributed by atoms with Gasteiger partial charge in [0, 0.05) is 17.6 Å². The van der Waals surface area contributed by atoms with E-state index in [4.69, 9.17) is 4.74 Å². The van der Waals surface area contributed by atoms with Gasteiger partial charge in [-0.3, -0.25) is 4.98 Å². The average Bonchev–Trinajstić information content (AvgIpc) is 2.53. The van der Waals surface area contributed by atoms with E-state index in [1.54, 1.807) is 25.4 Å². The molecule has 1 aromatic carbocycles. The van der Waals surface area contributed by atoms with Gasteiger partial charge in [0.15, 0.2) is 0 Å². The summed E-state index contributed by atoms with van der Waals surface area (Å²) in [5.74, 6) is 0.487. The van der Waals surface area contributed by atoms with Crippen molar-refractivity contribution in [2.75, 3.05) is 7.11 Å². The van der Waals surface area contributed by atoms with Crippen LogP contribution in [0.5, 0.6) is 5.88 Å². The molecule has 0 amide bonds. The Morgan fingerprint density at radius 2 is 2.00 bits per heavy atom. The molecule has 0 aliphatic heterocycles. The van der Waals surface area contributed by atoms with Gasteiger partial charge in [-0.25, -0.2) is 4.98 Å². The standard InChI is InChI=1S/C16H14N2O2/c1-20-15-6-2-5-13(18-15)16(19)12-8-7-11-4-3-9-17-14(11)10-12/h2-10,16,19H,1H3. The molecule has 1 atom stereocenters. The highest BCUT2D eigenvalue weighted by Crippen LogP contribution is 2.24. The van der Waals surface area contributed by atoms with Gasteiger partial charge >= 0.3 is 0 Å². The lowest BCUT2D eigenvalue weighted by molar-refractivity contribution is 0.214. The van der Waals surface area contributed by atoms with E-state index in [-0.39, 0.29) is 0 Å². The molecular weight excluding hydrogens is 252 g/mol. The molecule has 0 aliphatic carbocycles. The summed E-state index contributed by atoms with van der Waals surface area (Å²) >= 11 is 0. The molecule has 0 radical (unpaired) electrons. The maximum atomic E-state index is 10.4. The fourth-order valence-corrected chi connectivity index (χ4v) is 2.12. The van der Waals surface area contributed by atoms with Gasteiger partial charge < -0.3 is 9.84 Å². The maximum absolute atomic E-state index is 10.4. The van der Waals surface area contributed by atoms with Crippen molar-refractivity contribution in [3.05, 3.63) is 66.0 Å². The number of hydrogen-bond acceptors (Lipinski definition) is 4. The molecule has 0 saturated heterocycles. The normalized spacial score (nSPS) is 12.3. The molecular formula is C16H14N2O2. The molecule has 4 nitrogen and oxygen atoms in total. The maximum Gasteiger partial charge on any atom is 0.213 e. The fraction of sp³-hybridized carbons (Fsp3) is 0.125. The van der Waals surface area contributed by atoms with Crippen LogP contribution in [0.1, 0.15) is 17.4 Å². The summed E-state index contributed by atoms with van der Waals surface area (Å²) in [5, 5.41) is 11.5. The van der Waals surface area contributed by atoms with Crippen molar-refractivity contribution in [3.63, 3.8) is 0 Å². The van der Waals surface area contributed by atoms with Crippen LogP contribution in [-0.2, 0) is 0 Å². The lowest BCUT2D eigenvalue weighted by Gasteiger charge is -2.12. The second-order valence-corrected chi connectivity index (χ2v) is 4.46. The summed E-state index contributed by atoms with van der Waals surface area (Å²) in [4.78, 5) is 8.55. The first-order chi connectivity index (χ1) is 9.78. The number of aliphatic hydroxyl groups is 1. The van der Waals surface area contributed by atoms with Crippen LogP contribution in [0.2, 0.25) is 0 Å². The molecule has 1 N–H and O–H groups in total. The number of benzene rings is 1. The highest BCUT2D eigenvalue weighted by atomic mass is 16.5. The number of fused-ring (bicyclic) bond motifs is 1. The van der Waals surface area contributed by atoms with Crippen LogP contribution in [-0.4, -0.2) is 22.2 Å². The van der Waals surface area contributed by atoms with Gasteiger partial charge in [-0.2, -0.15) is 0 Å². The fourth-order valence-electron chi connectivity index (χ4n) is 2.12. The van der Waals surface area contributed by atoms with Gasteiger partial charge in [-0.05, 0) is 23.8 Å². The van der Waals surface area contributed by atoms with Crippen molar-refractivity contribution in [1.82, 2.24) is 9.97 Å². The van der Waals surface area contributed by atoms with Gasteiger partial charge in [0.2, 0.25) is 5.88 Å². The molecule has 1 unspecified atom stereocenters. The minimum absolute atomic E-state index is 0.487. The SMILES string of the molecule is COc1cccc(C(O)c2ccc3cccnc3c2)n1. The minimum atomic E-state index is -0.795. The lowest BCUT2D eigenvalue weighted by Crippen LogP contribution is -2.03. The second kappa shape index (κ2) is 5.27. The Labute approximate surface area is 116 Å². The largest absolute Gasteiger partial charge is 0.481 e. The van der Waals surface area contributed by atoms with Crippen LogP contribution in [0, 0.1) is 0 Å². The third kappa shape index (κ3) is 2.33. The number of pyridine rings is 2. The van der Waals surface area contributed by atoms with Crippen LogP contribution in [0.4, 0.5) is 0 Å². The van der Waals surface area contributed by atoms with Crippen LogP contribution < -0.4 is 4.74 Å². The predicted octanol–water partition coefficient (Wildman–Crippen LogP) is 2.72. The topological polar surface area (TPSA) is 55.2 Å². The van der Waals surface area contributed by atoms with Gasteiger partial charge in [0.1, 0.15) is 6.10 Å². The van der Waals surface area contributed by atoms with E-state index in [1.807, 2.05) is 36.4 Å². The third-order valence-corrected chi connectivity index (χ3v) is 3.18. The van der Waals surface area contributed by atoms with Crippen molar-refractivity contribution >= 4 is 10.9 Å². The first-order valence-electron chi connectivity index (χ1n) is 6.31. The van der Waals surface area contributed by atoms with E-state index in [1.165, 1.54) is 0 Å². The Morgan fingerprint density at radius 3 is 2.85 bits per heavy atom. The van der Waals surface area contributed by atoms with E-state index in [0.29, 0.717) is 11.6 Å². The zero-order valence-corrected chi connectivity index (χ0v) is 11.0. The van der Waals surface area contributed by atoms with E-state index < -0.39 is 6.10 Å².